The summed E-state index contributed by atoms with van der Waals surface area (Å²) in [5.41, 5.74) is 0.536. The summed E-state index contributed by atoms with van der Waals surface area (Å²) in [5.74, 6) is -0.153. The number of hydrogen-bond acceptors (Lipinski definition) is 3. The molecule has 1 aromatic carbocycles. The van der Waals surface area contributed by atoms with Gasteiger partial charge in [0.1, 0.15) is 5.82 Å². The van der Waals surface area contributed by atoms with Crippen LogP contribution in [0, 0.1) is 5.82 Å². The van der Waals surface area contributed by atoms with Gasteiger partial charge < -0.3 is 5.32 Å². The van der Waals surface area contributed by atoms with Crippen LogP contribution < -0.4 is 10.0 Å². The second kappa shape index (κ2) is 7.87. The van der Waals surface area contributed by atoms with E-state index in [9.17, 15) is 12.8 Å². The van der Waals surface area contributed by atoms with Crippen LogP contribution in [-0.4, -0.2) is 33.3 Å². The van der Waals surface area contributed by atoms with E-state index in [0.717, 1.165) is 13.0 Å². The summed E-state index contributed by atoms with van der Waals surface area (Å²) in [6.07, 6.45) is 4.38. The molecule has 0 aliphatic heterocycles. The van der Waals surface area contributed by atoms with E-state index in [1.807, 2.05) is 0 Å². The third-order valence-electron chi connectivity index (χ3n) is 3.52. The van der Waals surface area contributed by atoms with Gasteiger partial charge in [0.25, 0.3) is 0 Å². The normalized spacial score (nSPS) is 15.3. The van der Waals surface area contributed by atoms with Crippen molar-refractivity contribution in [3.8, 4) is 0 Å². The highest BCUT2D eigenvalue weighted by molar-refractivity contribution is 7.89. The Morgan fingerprint density at radius 2 is 1.90 bits per heavy atom. The van der Waals surface area contributed by atoms with E-state index in [1.165, 1.54) is 18.9 Å². The van der Waals surface area contributed by atoms with Gasteiger partial charge in [-0.25, -0.2) is 17.5 Å². The van der Waals surface area contributed by atoms with Gasteiger partial charge >= 0.3 is 0 Å². The lowest BCUT2D eigenvalue weighted by Gasteiger charge is -2.07. The number of nitrogens with one attached hydrogen (secondary N) is 2. The molecule has 1 aliphatic carbocycles. The predicted octanol–water partition coefficient (Wildman–Crippen LogP) is 1.82. The van der Waals surface area contributed by atoms with Gasteiger partial charge in [0.2, 0.25) is 10.0 Å². The van der Waals surface area contributed by atoms with Gasteiger partial charge in [0.15, 0.2) is 0 Å². The van der Waals surface area contributed by atoms with Crippen molar-refractivity contribution in [3.05, 3.63) is 35.6 Å². The molecule has 1 aromatic rings. The average Bonchev–Trinajstić information content (AvgIpc) is 3.24. The van der Waals surface area contributed by atoms with Gasteiger partial charge in [-0.1, -0.05) is 18.2 Å². The molecule has 0 bridgehead atoms. The van der Waals surface area contributed by atoms with Crippen LogP contribution >= 0.6 is 0 Å². The zero-order valence-electron chi connectivity index (χ0n) is 12.1. The van der Waals surface area contributed by atoms with Crippen LogP contribution in [0.2, 0.25) is 0 Å². The fourth-order valence-corrected chi connectivity index (χ4v) is 3.27. The van der Waals surface area contributed by atoms with Crippen molar-refractivity contribution in [2.45, 2.75) is 38.1 Å². The van der Waals surface area contributed by atoms with Gasteiger partial charge in [-0.05, 0) is 50.3 Å². The molecule has 0 spiro atoms. The average molecular weight is 314 g/mol. The molecule has 0 atom stereocenters. The Labute approximate surface area is 126 Å². The van der Waals surface area contributed by atoms with Crippen LogP contribution in [0.15, 0.2) is 24.3 Å². The summed E-state index contributed by atoms with van der Waals surface area (Å²) in [6, 6.07) is 7.10. The lowest BCUT2D eigenvalue weighted by atomic mass is 10.1. The Bertz CT molecular complexity index is 544. The SMILES string of the molecule is O=S(=O)(CCCCNC1CC1)NCCc1ccccc1F. The molecule has 118 valence electrons. The van der Waals surface area contributed by atoms with Gasteiger partial charge in [0, 0.05) is 12.6 Å². The lowest BCUT2D eigenvalue weighted by Crippen LogP contribution is -2.29. The number of hydrogen-bond donors (Lipinski definition) is 2. The zero-order valence-corrected chi connectivity index (χ0v) is 13.0. The van der Waals surface area contributed by atoms with Crippen molar-refractivity contribution in [1.29, 1.82) is 0 Å². The fourth-order valence-electron chi connectivity index (χ4n) is 2.13. The maximum atomic E-state index is 13.4. The molecule has 0 heterocycles. The van der Waals surface area contributed by atoms with Gasteiger partial charge in [-0.15, -0.1) is 0 Å². The van der Waals surface area contributed by atoms with Crippen molar-refractivity contribution in [2.24, 2.45) is 0 Å². The van der Waals surface area contributed by atoms with Crippen LogP contribution in [0.1, 0.15) is 31.2 Å². The van der Waals surface area contributed by atoms with Crippen LogP contribution in [0.3, 0.4) is 0 Å². The predicted molar refractivity (Wildman–Crippen MR) is 82.2 cm³/mol. The molecule has 0 radical (unpaired) electrons. The maximum Gasteiger partial charge on any atom is 0.211 e. The van der Waals surface area contributed by atoms with Gasteiger partial charge in [0.05, 0.1) is 5.75 Å². The highest BCUT2D eigenvalue weighted by atomic mass is 32.2. The molecule has 1 saturated carbocycles. The molecule has 0 saturated heterocycles. The minimum atomic E-state index is -3.25. The Morgan fingerprint density at radius 1 is 1.14 bits per heavy atom. The van der Waals surface area contributed by atoms with E-state index in [1.54, 1.807) is 18.2 Å². The van der Waals surface area contributed by atoms with Crippen LogP contribution in [0.4, 0.5) is 4.39 Å². The summed E-state index contributed by atoms with van der Waals surface area (Å²) < 4.78 is 39.5. The maximum absolute atomic E-state index is 13.4. The van der Waals surface area contributed by atoms with Gasteiger partial charge in [-0.2, -0.15) is 0 Å². The first-order chi connectivity index (χ1) is 10.1. The van der Waals surface area contributed by atoms with Crippen molar-refractivity contribution in [1.82, 2.24) is 10.0 Å². The summed E-state index contributed by atoms with van der Waals surface area (Å²) in [5, 5.41) is 3.36. The highest BCUT2D eigenvalue weighted by Gasteiger charge is 2.19. The van der Waals surface area contributed by atoms with Crippen molar-refractivity contribution in [2.75, 3.05) is 18.8 Å². The Balaban J connectivity index is 1.60. The van der Waals surface area contributed by atoms with Crippen molar-refractivity contribution in [3.63, 3.8) is 0 Å². The molecule has 6 heteroatoms. The van der Waals surface area contributed by atoms with Crippen molar-refractivity contribution < 1.29 is 12.8 Å². The van der Waals surface area contributed by atoms with E-state index >= 15 is 0 Å². The smallest absolute Gasteiger partial charge is 0.211 e. The highest BCUT2D eigenvalue weighted by Crippen LogP contribution is 2.18. The van der Waals surface area contributed by atoms with Crippen LogP contribution in [-0.2, 0) is 16.4 Å². The molecular formula is C15H23FN2O2S. The van der Waals surface area contributed by atoms with E-state index in [4.69, 9.17) is 0 Å². The van der Waals surface area contributed by atoms with E-state index in [2.05, 4.69) is 10.0 Å². The van der Waals surface area contributed by atoms with E-state index in [0.29, 0.717) is 24.4 Å². The Morgan fingerprint density at radius 3 is 2.62 bits per heavy atom. The van der Waals surface area contributed by atoms with Crippen LogP contribution in [0.25, 0.3) is 0 Å². The third-order valence-corrected chi connectivity index (χ3v) is 4.99. The number of unbranched alkanes of at least 4 members (excludes halogenated alkanes) is 1. The molecule has 0 amide bonds. The minimum Gasteiger partial charge on any atom is -0.314 e. The van der Waals surface area contributed by atoms with Crippen LogP contribution in [0.5, 0.6) is 0 Å². The topological polar surface area (TPSA) is 58.2 Å². The molecule has 2 N–H and O–H groups in total. The first kappa shape index (κ1) is 16.4. The quantitative estimate of drug-likeness (QED) is 0.648. The first-order valence-corrected chi connectivity index (χ1v) is 9.16. The third kappa shape index (κ3) is 6.54. The fraction of sp³-hybridized carbons (Fsp3) is 0.600. The molecule has 0 unspecified atom stereocenters. The minimum absolute atomic E-state index is 0.136. The zero-order chi connectivity index (χ0) is 15.1. The molecule has 4 nitrogen and oxygen atoms in total. The second-order valence-corrected chi connectivity index (χ2v) is 7.42. The second-order valence-electron chi connectivity index (χ2n) is 5.49. The Hall–Kier alpha value is -0.980. The van der Waals surface area contributed by atoms with Crippen molar-refractivity contribution >= 4 is 10.0 Å². The largest absolute Gasteiger partial charge is 0.314 e. The summed E-state index contributed by atoms with van der Waals surface area (Å²) >= 11 is 0. The standard InChI is InChI=1S/C15H23FN2O2S/c16-15-6-2-1-5-13(15)9-11-18-21(19,20)12-4-3-10-17-14-7-8-14/h1-2,5-6,14,17-18H,3-4,7-12H2. The lowest BCUT2D eigenvalue weighted by molar-refractivity contribution is 0.570. The van der Waals surface area contributed by atoms with E-state index < -0.39 is 10.0 Å². The molecule has 1 fully saturated rings. The summed E-state index contributed by atoms with van der Waals surface area (Å²) in [7, 11) is -3.25. The van der Waals surface area contributed by atoms with E-state index in [-0.39, 0.29) is 18.1 Å². The molecule has 21 heavy (non-hydrogen) atoms. The summed E-state index contributed by atoms with van der Waals surface area (Å²) in [6.45, 7) is 1.12. The molecule has 2 rings (SSSR count). The number of sulfonamides is 1. The molecule has 1 aliphatic rings. The first-order valence-electron chi connectivity index (χ1n) is 7.51. The Kier molecular flexibility index (Phi) is 6.14. The molecule has 0 aromatic heterocycles. The summed E-state index contributed by atoms with van der Waals surface area (Å²) in [4.78, 5) is 0. The number of rotatable bonds is 10. The molecular weight excluding hydrogens is 291 g/mol. The number of benzene rings is 1. The monoisotopic (exact) mass is 314 g/mol. The number of halogens is 1. The van der Waals surface area contributed by atoms with Gasteiger partial charge in [-0.3, -0.25) is 0 Å².